The van der Waals surface area contributed by atoms with E-state index in [0.717, 1.165) is 0 Å². The summed E-state index contributed by atoms with van der Waals surface area (Å²) in [6.45, 7) is 0. The Labute approximate surface area is 87.0 Å². The molecule has 0 spiro atoms. The summed E-state index contributed by atoms with van der Waals surface area (Å²) in [5.74, 6) is 0. The molecule has 1 heterocycles. The van der Waals surface area contributed by atoms with Crippen LogP contribution in [0, 0.1) is 0 Å². The molecule has 0 aliphatic heterocycles. The van der Waals surface area contributed by atoms with Crippen LogP contribution < -0.4 is 18.5 Å². The van der Waals surface area contributed by atoms with Crippen LogP contribution in [0.2, 0.25) is 0 Å². The molecule has 1 aromatic heterocycles. The molecule has 0 aliphatic rings. The summed E-state index contributed by atoms with van der Waals surface area (Å²) >= 11 is 13.8. The predicted molar refractivity (Wildman–Crippen MR) is 54.7 cm³/mol. The van der Waals surface area contributed by atoms with Crippen molar-refractivity contribution >= 4 is 37.9 Å². The minimum absolute atomic E-state index is 0. The first-order valence-corrected chi connectivity index (χ1v) is 3.18. The SMILES string of the molecule is [NH4+].[NH4+].[NH4+].[S-]c1nc([S-])nc([S-])n1. The van der Waals surface area contributed by atoms with Crippen LogP contribution in [0.3, 0.4) is 0 Å². The molecule has 1 rings (SSSR count). The molecule has 0 aromatic carbocycles. The van der Waals surface area contributed by atoms with E-state index in [1.807, 2.05) is 0 Å². The lowest BCUT2D eigenvalue weighted by Gasteiger charge is -2.13. The summed E-state index contributed by atoms with van der Waals surface area (Å²) < 4.78 is 0. The number of aromatic nitrogens is 3. The van der Waals surface area contributed by atoms with Gasteiger partial charge in [-0.3, -0.25) is 15.0 Å². The highest BCUT2D eigenvalue weighted by molar-refractivity contribution is 7.59. The zero-order chi connectivity index (χ0) is 6.85. The third-order valence-corrected chi connectivity index (χ3v) is 1.12. The van der Waals surface area contributed by atoms with Gasteiger partial charge in [-0.05, 0) is 0 Å². The van der Waals surface area contributed by atoms with Crippen molar-refractivity contribution in [2.75, 3.05) is 0 Å². The van der Waals surface area contributed by atoms with Gasteiger partial charge in [0.25, 0.3) is 0 Å². The Morgan fingerprint density at radius 1 is 0.583 bits per heavy atom. The van der Waals surface area contributed by atoms with Crippen LogP contribution in [0.25, 0.3) is 0 Å². The van der Waals surface area contributed by atoms with Crippen molar-refractivity contribution in [1.29, 1.82) is 0 Å². The fourth-order valence-corrected chi connectivity index (χ4v) is 1.01. The highest BCUT2D eigenvalue weighted by Crippen LogP contribution is 1.91. The molecule has 0 radical (unpaired) electrons. The van der Waals surface area contributed by atoms with Gasteiger partial charge in [-0.1, -0.05) is 0 Å². The fraction of sp³-hybridized carbons (Fsp3) is 0. The predicted octanol–water partition coefficient (Wildman–Crippen LogP) is 0.718. The Bertz CT molecular complexity index is 179. The van der Waals surface area contributed by atoms with E-state index in [9.17, 15) is 0 Å². The van der Waals surface area contributed by atoms with Gasteiger partial charge in [-0.2, -0.15) is 0 Å². The van der Waals surface area contributed by atoms with E-state index < -0.39 is 0 Å². The van der Waals surface area contributed by atoms with Crippen molar-refractivity contribution in [3.63, 3.8) is 0 Å². The van der Waals surface area contributed by atoms with Crippen molar-refractivity contribution in [3.8, 4) is 0 Å². The normalized spacial score (nSPS) is 7.00. The Kier molecular flexibility index (Phi) is 10.6. The van der Waals surface area contributed by atoms with Crippen molar-refractivity contribution in [3.05, 3.63) is 0 Å². The van der Waals surface area contributed by atoms with Crippen LogP contribution in [0.15, 0.2) is 15.5 Å². The second-order valence-electron chi connectivity index (χ2n) is 1.18. The van der Waals surface area contributed by atoms with Crippen LogP contribution >= 0.6 is 0 Å². The van der Waals surface area contributed by atoms with Crippen LogP contribution in [0.5, 0.6) is 0 Å². The van der Waals surface area contributed by atoms with Gasteiger partial charge in [0.15, 0.2) is 0 Å². The molecule has 9 heteroatoms. The van der Waals surface area contributed by atoms with Gasteiger partial charge in [0.2, 0.25) is 0 Å². The second kappa shape index (κ2) is 7.21. The number of nitrogens with zero attached hydrogens (tertiary/aromatic N) is 3. The van der Waals surface area contributed by atoms with Crippen molar-refractivity contribution in [1.82, 2.24) is 33.4 Å². The quantitative estimate of drug-likeness (QED) is 0.557. The van der Waals surface area contributed by atoms with E-state index in [1.54, 1.807) is 0 Å². The maximum Gasteiger partial charge on any atom is 0.00709 e. The molecule has 0 bridgehead atoms. The number of quaternary nitrogens is 3. The molecule has 0 saturated heterocycles. The lowest BCUT2D eigenvalue weighted by molar-refractivity contribution is 0.723. The standard InChI is InChI=1S/C3H3N3S3.3H3N/c7-1-4-2(8)6-3(9)5-1;;;/h(H3,4,5,6,7,8,9);3*1H3. The minimum atomic E-state index is 0. The Morgan fingerprint density at radius 2 is 0.750 bits per heavy atom. The number of hydrogen-bond donors (Lipinski definition) is 3. The Morgan fingerprint density at radius 3 is 0.917 bits per heavy atom. The first-order valence-electron chi connectivity index (χ1n) is 1.95. The lowest BCUT2D eigenvalue weighted by atomic mass is 11.1. The zero-order valence-electron chi connectivity index (χ0n) is 7.07. The first kappa shape index (κ1) is 17.6. The maximum atomic E-state index is 4.59. The molecule has 0 aliphatic carbocycles. The summed E-state index contributed by atoms with van der Waals surface area (Å²) in [6, 6.07) is 0. The van der Waals surface area contributed by atoms with Gasteiger partial charge in [0.1, 0.15) is 0 Å². The van der Waals surface area contributed by atoms with E-state index in [-0.39, 0.29) is 33.9 Å². The summed E-state index contributed by atoms with van der Waals surface area (Å²) in [5, 5.41) is 0.500. The van der Waals surface area contributed by atoms with E-state index in [0.29, 0.717) is 0 Å². The summed E-state index contributed by atoms with van der Waals surface area (Å²) in [6.07, 6.45) is 0. The average molecular weight is 228 g/mol. The van der Waals surface area contributed by atoms with Crippen LogP contribution in [-0.4, -0.2) is 15.0 Å². The number of hydrogen-bond acceptors (Lipinski definition) is 6. The third-order valence-electron chi connectivity index (χ3n) is 0.574. The van der Waals surface area contributed by atoms with Crippen LogP contribution in [-0.2, 0) is 37.9 Å². The topological polar surface area (TPSA) is 148 Å². The average Bonchev–Trinajstić information content (AvgIpc) is 1.59. The second-order valence-corrected chi connectivity index (χ2v) is 2.28. The fourth-order valence-electron chi connectivity index (χ4n) is 0.320. The third kappa shape index (κ3) is 5.23. The largest absolute Gasteiger partial charge is 0.740 e. The van der Waals surface area contributed by atoms with E-state index in [4.69, 9.17) is 0 Å². The van der Waals surface area contributed by atoms with Gasteiger partial charge in [0, 0.05) is 15.5 Å². The van der Waals surface area contributed by atoms with Crippen LogP contribution in [0.4, 0.5) is 0 Å². The zero-order valence-corrected chi connectivity index (χ0v) is 9.52. The van der Waals surface area contributed by atoms with Gasteiger partial charge in [-0.15, -0.1) is 0 Å². The minimum Gasteiger partial charge on any atom is -0.740 e. The van der Waals surface area contributed by atoms with Gasteiger partial charge in [0.05, 0.1) is 0 Å². The number of rotatable bonds is 0. The smallest absolute Gasteiger partial charge is 0.00709 e. The molecule has 0 unspecified atom stereocenters. The first-order chi connectivity index (χ1) is 4.18. The van der Waals surface area contributed by atoms with Crippen molar-refractivity contribution in [2.24, 2.45) is 0 Å². The van der Waals surface area contributed by atoms with Crippen molar-refractivity contribution in [2.45, 2.75) is 15.5 Å². The molecule has 1 aromatic rings. The molecule has 0 amide bonds. The molecular weight excluding hydrogens is 216 g/mol. The molecule has 12 N–H and O–H groups in total. The van der Waals surface area contributed by atoms with Gasteiger partial charge >= 0.3 is 0 Å². The monoisotopic (exact) mass is 228 g/mol. The lowest BCUT2D eigenvalue weighted by Crippen LogP contribution is -1.95. The van der Waals surface area contributed by atoms with Crippen LogP contribution in [0.1, 0.15) is 0 Å². The molecule has 6 nitrogen and oxygen atoms in total. The van der Waals surface area contributed by atoms with E-state index in [2.05, 4.69) is 52.8 Å². The Balaban J connectivity index is -0.000000270. The summed E-state index contributed by atoms with van der Waals surface area (Å²) in [5.41, 5.74) is 0. The highest BCUT2D eigenvalue weighted by atomic mass is 32.1. The molecule has 12 heavy (non-hydrogen) atoms. The highest BCUT2D eigenvalue weighted by Gasteiger charge is 1.74. The molecule has 0 atom stereocenters. The van der Waals surface area contributed by atoms with Gasteiger partial charge in [-0.25, -0.2) is 0 Å². The van der Waals surface area contributed by atoms with Gasteiger partial charge < -0.3 is 56.3 Å². The molecule has 0 saturated carbocycles. The Hall–Kier alpha value is -0.450. The van der Waals surface area contributed by atoms with Crippen molar-refractivity contribution < 1.29 is 0 Å². The maximum absolute atomic E-state index is 4.59. The van der Waals surface area contributed by atoms with E-state index in [1.165, 1.54) is 0 Å². The summed E-state index contributed by atoms with van der Waals surface area (Å²) in [7, 11) is 0. The van der Waals surface area contributed by atoms with E-state index >= 15 is 0 Å². The molecule has 0 fully saturated rings. The molecular formula is C3H12N6S3. The summed E-state index contributed by atoms with van der Waals surface area (Å²) in [4.78, 5) is 10.7. The molecule has 72 valence electrons.